The van der Waals surface area contributed by atoms with Crippen molar-refractivity contribution >= 4 is 11.0 Å². The van der Waals surface area contributed by atoms with Gasteiger partial charge in [0.1, 0.15) is 5.82 Å². The zero-order chi connectivity index (χ0) is 13.2. The molecule has 0 atom stereocenters. The van der Waals surface area contributed by atoms with Crippen LogP contribution >= 0.6 is 0 Å². The van der Waals surface area contributed by atoms with Gasteiger partial charge in [-0.25, -0.2) is 4.98 Å². The molecule has 1 aromatic heterocycles. The number of H-pyrrole nitrogens is 1. The number of benzene rings is 1. The third-order valence-corrected chi connectivity index (χ3v) is 3.21. The van der Waals surface area contributed by atoms with Gasteiger partial charge in [-0.3, -0.25) is 0 Å². The number of hydrogen-bond donors (Lipinski definition) is 3. The predicted molar refractivity (Wildman–Crippen MR) is 75.4 cm³/mol. The number of nitrogens with zero attached hydrogens (tertiary/aromatic N) is 1. The van der Waals surface area contributed by atoms with Crippen molar-refractivity contribution in [3.05, 3.63) is 29.6 Å². The van der Waals surface area contributed by atoms with Crippen LogP contribution in [0.2, 0.25) is 0 Å². The molecule has 2 aromatic rings. The van der Waals surface area contributed by atoms with E-state index < -0.39 is 0 Å². The van der Waals surface area contributed by atoms with Crippen LogP contribution in [0.4, 0.5) is 0 Å². The summed E-state index contributed by atoms with van der Waals surface area (Å²) in [4.78, 5) is 7.66. The number of nitrogens with one attached hydrogen (secondary N) is 2. The van der Waals surface area contributed by atoms with Gasteiger partial charge in [-0.15, -0.1) is 0 Å². The van der Waals surface area contributed by atoms with Crippen molar-refractivity contribution in [1.29, 1.82) is 0 Å². The summed E-state index contributed by atoms with van der Waals surface area (Å²) in [7, 11) is 0. The molecule has 1 aromatic carbocycles. The number of aromatic nitrogens is 2. The minimum atomic E-state index is 0.0770. The van der Waals surface area contributed by atoms with Crippen LogP contribution in [-0.2, 0) is 6.54 Å². The molecular weight excluding hydrogens is 224 g/mol. The lowest BCUT2D eigenvalue weighted by Crippen LogP contribution is -2.40. The van der Waals surface area contributed by atoms with Gasteiger partial charge in [-0.1, -0.05) is 6.07 Å². The summed E-state index contributed by atoms with van der Waals surface area (Å²) in [5.41, 5.74) is 9.07. The molecule has 18 heavy (non-hydrogen) atoms. The highest BCUT2D eigenvalue weighted by atomic mass is 15.0. The van der Waals surface area contributed by atoms with E-state index in [1.807, 2.05) is 6.92 Å². The first-order valence-electron chi connectivity index (χ1n) is 6.40. The van der Waals surface area contributed by atoms with E-state index in [4.69, 9.17) is 5.73 Å². The van der Waals surface area contributed by atoms with Crippen LogP contribution in [0.25, 0.3) is 11.0 Å². The van der Waals surface area contributed by atoms with Gasteiger partial charge in [-0.05, 0) is 51.4 Å². The smallest absolute Gasteiger partial charge is 0.104 e. The van der Waals surface area contributed by atoms with E-state index in [9.17, 15) is 0 Å². The van der Waals surface area contributed by atoms with E-state index in [0.717, 1.165) is 29.8 Å². The fraction of sp³-hybridized carbons (Fsp3) is 0.500. The van der Waals surface area contributed by atoms with Crippen molar-refractivity contribution in [3.8, 4) is 0 Å². The predicted octanol–water partition coefficient (Wildman–Crippen LogP) is 2.09. The number of fused-ring (bicyclic) bond motifs is 1. The lowest BCUT2D eigenvalue weighted by atomic mass is 10.0. The van der Waals surface area contributed by atoms with Crippen LogP contribution < -0.4 is 11.1 Å². The van der Waals surface area contributed by atoms with Crippen LogP contribution in [0.5, 0.6) is 0 Å². The minimum absolute atomic E-state index is 0.0770. The fourth-order valence-electron chi connectivity index (χ4n) is 2.08. The van der Waals surface area contributed by atoms with Crippen LogP contribution in [0.15, 0.2) is 18.2 Å². The number of aromatic amines is 1. The third-order valence-electron chi connectivity index (χ3n) is 3.21. The molecule has 0 saturated heterocycles. The Balaban J connectivity index is 2.07. The molecule has 2 rings (SSSR count). The molecule has 1 heterocycles. The highest BCUT2D eigenvalue weighted by Crippen LogP contribution is 2.15. The second kappa shape index (κ2) is 5.08. The van der Waals surface area contributed by atoms with Gasteiger partial charge in [0.05, 0.1) is 11.0 Å². The van der Waals surface area contributed by atoms with Gasteiger partial charge in [0, 0.05) is 12.1 Å². The van der Waals surface area contributed by atoms with Crippen molar-refractivity contribution in [1.82, 2.24) is 15.3 Å². The summed E-state index contributed by atoms with van der Waals surface area (Å²) in [6.45, 7) is 7.89. The van der Waals surface area contributed by atoms with Gasteiger partial charge >= 0.3 is 0 Å². The summed E-state index contributed by atoms with van der Waals surface area (Å²) in [5, 5.41) is 3.53. The van der Waals surface area contributed by atoms with Crippen LogP contribution in [0.3, 0.4) is 0 Å². The zero-order valence-electron chi connectivity index (χ0n) is 11.4. The molecule has 0 aliphatic heterocycles. The first-order chi connectivity index (χ1) is 8.50. The fourth-order valence-corrected chi connectivity index (χ4v) is 2.08. The van der Waals surface area contributed by atoms with Crippen molar-refractivity contribution in [2.24, 2.45) is 5.73 Å². The Bertz CT molecular complexity index is 528. The highest BCUT2D eigenvalue weighted by molar-refractivity contribution is 5.75. The van der Waals surface area contributed by atoms with E-state index in [2.05, 4.69) is 47.3 Å². The maximum absolute atomic E-state index is 5.61. The molecular formula is C14H22N4. The molecule has 4 heteroatoms. The topological polar surface area (TPSA) is 66.7 Å². The number of imidazole rings is 1. The Hall–Kier alpha value is -1.39. The summed E-state index contributed by atoms with van der Waals surface area (Å²) in [6.07, 6.45) is 0.971. The van der Waals surface area contributed by atoms with Crippen LogP contribution in [0, 0.1) is 6.92 Å². The van der Waals surface area contributed by atoms with E-state index >= 15 is 0 Å². The first kappa shape index (κ1) is 13.1. The third kappa shape index (κ3) is 3.09. The minimum Gasteiger partial charge on any atom is -0.342 e. The quantitative estimate of drug-likeness (QED) is 0.756. The maximum Gasteiger partial charge on any atom is 0.104 e. The molecule has 0 amide bonds. The Labute approximate surface area is 108 Å². The summed E-state index contributed by atoms with van der Waals surface area (Å²) >= 11 is 0. The van der Waals surface area contributed by atoms with Gasteiger partial charge in [-0.2, -0.15) is 0 Å². The number of nitrogens with two attached hydrogens (primary N) is 1. The van der Waals surface area contributed by atoms with E-state index in [1.54, 1.807) is 0 Å². The molecule has 98 valence electrons. The van der Waals surface area contributed by atoms with E-state index in [0.29, 0.717) is 6.54 Å². The Morgan fingerprint density at radius 2 is 2.17 bits per heavy atom. The normalized spacial score (nSPS) is 12.2. The Kier molecular flexibility index (Phi) is 3.68. The Morgan fingerprint density at radius 3 is 2.89 bits per heavy atom. The van der Waals surface area contributed by atoms with Crippen LogP contribution in [-0.4, -0.2) is 22.1 Å². The van der Waals surface area contributed by atoms with Crippen LogP contribution in [0.1, 0.15) is 31.7 Å². The van der Waals surface area contributed by atoms with E-state index in [1.165, 1.54) is 5.56 Å². The molecule has 0 spiro atoms. The molecule has 4 N–H and O–H groups in total. The SMILES string of the molecule is Cc1nc2ccc(CNC(C)(C)CCN)cc2[nH]1. The largest absolute Gasteiger partial charge is 0.342 e. The molecule has 0 radical (unpaired) electrons. The lowest BCUT2D eigenvalue weighted by molar-refractivity contribution is 0.365. The second-order valence-electron chi connectivity index (χ2n) is 5.45. The van der Waals surface area contributed by atoms with Gasteiger partial charge in [0.2, 0.25) is 0 Å². The van der Waals surface area contributed by atoms with Crippen molar-refractivity contribution in [3.63, 3.8) is 0 Å². The molecule has 4 nitrogen and oxygen atoms in total. The molecule has 0 aliphatic rings. The lowest BCUT2D eigenvalue weighted by Gasteiger charge is -2.25. The number of aryl methyl sites for hydroxylation is 1. The van der Waals surface area contributed by atoms with Gasteiger partial charge in [0.15, 0.2) is 0 Å². The van der Waals surface area contributed by atoms with E-state index in [-0.39, 0.29) is 5.54 Å². The van der Waals surface area contributed by atoms with Gasteiger partial charge in [0.25, 0.3) is 0 Å². The molecule has 0 fully saturated rings. The highest BCUT2D eigenvalue weighted by Gasteiger charge is 2.15. The summed E-state index contributed by atoms with van der Waals surface area (Å²) in [6, 6.07) is 6.33. The Morgan fingerprint density at radius 1 is 1.39 bits per heavy atom. The molecule has 0 unspecified atom stereocenters. The van der Waals surface area contributed by atoms with Crippen molar-refractivity contribution < 1.29 is 0 Å². The molecule has 0 saturated carbocycles. The number of hydrogen-bond acceptors (Lipinski definition) is 3. The number of rotatable bonds is 5. The van der Waals surface area contributed by atoms with Crippen molar-refractivity contribution in [2.75, 3.05) is 6.54 Å². The summed E-state index contributed by atoms with van der Waals surface area (Å²) < 4.78 is 0. The maximum atomic E-state index is 5.61. The summed E-state index contributed by atoms with van der Waals surface area (Å²) in [5.74, 6) is 0.957. The van der Waals surface area contributed by atoms with Gasteiger partial charge < -0.3 is 16.0 Å². The molecule has 0 aliphatic carbocycles. The average molecular weight is 246 g/mol. The molecule has 0 bridgehead atoms. The second-order valence-corrected chi connectivity index (χ2v) is 5.45. The monoisotopic (exact) mass is 246 g/mol. The standard InChI is InChI=1S/C14H22N4/c1-10-17-12-5-4-11(8-13(12)18-10)9-16-14(2,3)6-7-15/h4-5,8,16H,6-7,9,15H2,1-3H3,(H,17,18). The average Bonchev–Trinajstić information content (AvgIpc) is 2.65. The zero-order valence-corrected chi connectivity index (χ0v) is 11.4. The first-order valence-corrected chi connectivity index (χ1v) is 6.40. The van der Waals surface area contributed by atoms with Crippen molar-refractivity contribution in [2.45, 2.75) is 39.3 Å².